The molecule has 71 heavy (non-hydrogen) atoms. The predicted molar refractivity (Wildman–Crippen MR) is 245 cm³/mol. The first-order chi connectivity index (χ1) is 33.7. The quantitative estimate of drug-likeness (QED) is 0.0749. The van der Waals surface area contributed by atoms with Crippen molar-refractivity contribution in [2.75, 3.05) is 33.9 Å². The molecule has 8 N–H and O–H groups in total. The minimum Gasteiger partial charge on any atom is -0.507 e. The number of aliphatic hydroxyl groups is 3. The van der Waals surface area contributed by atoms with Crippen molar-refractivity contribution in [3.8, 4) is 17.2 Å². The molecule has 0 spiro atoms. The number of likely N-dealkylation sites (N-methyl/N-ethyl adjacent to an activating group) is 1. The summed E-state index contributed by atoms with van der Waals surface area (Å²) in [5.41, 5.74) is -3.66. The number of phenolic OH excluding ortho intramolecular Hbond substituents is 2. The smallest absolute Gasteiger partial charge is 0.410 e. The van der Waals surface area contributed by atoms with Crippen molar-refractivity contribution in [3.05, 3.63) is 87.5 Å². The normalized spacial score (nSPS) is 24.3. The first-order valence-electron chi connectivity index (χ1n) is 23.0. The van der Waals surface area contributed by atoms with E-state index < -0.39 is 150 Å². The van der Waals surface area contributed by atoms with Crippen molar-refractivity contribution in [2.24, 2.45) is 0 Å². The number of fused-ring (bicyclic) bond motifs is 3. The van der Waals surface area contributed by atoms with Crippen LogP contribution in [0, 0.1) is 0 Å². The Hall–Kier alpha value is -6.98. The highest BCUT2D eigenvalue weighted by Crippen LogP contribution is 2.52. The zero-order chi connectivity index (χ0) is 51.6. The van der Waals surface area contributed by atoms with E-state index in [1.165, 1.54) is 58.0 Å². The van der Waals surface area contributed by atoms with Crippen LogP contribution in [-0.4, -0.2) is 165 Å². The highest BCUT2D eigenvalue weighted by Gasteiger charge is 2.50. The van der Waals surface area contributed by atoms with Gasteiger partial charge in [-0.25, -0.2) is 4.79 Å². The summed E-state index contributed by atoms with van der Waals surface area (Å²) in [6.45, 7) is 2.87. The molecule has 2 heterocycles. The van der Waals surface area contributed by atoms with Crippen molar-refractivity contribution in [1.29, 1.82) is 0 Å². The molecule has 0 radical (unpaired) electrons. The van der Waals surface area contributed by atoms with Gasteiger partial charge < -0.3 is 65.3 Å². The molecule has 0 saturated carbocycles. The van der Waals surface area contributed by atoms with Gasteiger partial charge in [0.05, 0.1) is 48.6 Å². The highest BCUT2D eigenvalue weighted by atomic mass is 16.7. The number of ether oxygens (including phenoxy) is 4. The van der Waals surface area contributed by atoms with Crippen LogP contribution in [0.2, 0.25) is 0 Å². The Morgan fingerprint density at radius 1 is 0.958 bits per heavy atom. The van der Waals surface area contributed by atoms with E-state index in [4.69, 9.17) is 18.9 Å². The number of carbonyl (C=O) groups is 8. The van der Waals surface area contributed by atoms with Crippen molar-refractivity contribution in [2.45, 2.75) is 114 Å². The predicted octanol–water partition coefficient (Wildman–Crippen LogP) is 0.428. The zero-order valence-electron chi connectivity index (χ0n) is 39.6. The minimum absolute atomic E-state index is 0.0201. The number of likely N-dealkylation sites (tertiary alicyclic amines) is 1. The number of benzene rings is 3. The van der Waals surface area contributed by atoms with Crippen molar-refractivity contribution in [3.63, 3.8) is 0 Å². The Balaban J connectivity index is 0.982. The summed E-state index contributed by atoms with van der Waals surface area (Å²) in [6.07, 6.45) is -6.76. The molecule has 2 aliphatic carbocycles. The van der Waals surface area contributed by atoms with Gasteiger partial charge in [-0.1, -0.05) is 42.5 Å². The lowest BCUT2D eigenvalue weighted by molar-refractivity contribution is -0.249. The number of nitrogens with zero attached hydrogens (tertiary/aromatic N) is 2. The Morgan fingerprint density at radius 2 is 1.66 bits per heavy atom. The SMILES string of the molecule is COc1cccc2c1C(=O)c1c(O)c3c(c(O)c1C2=O)C[C@@](O)(C(=O)CO)C[C@@H]3OC1CC(NC(=O)[C@H](C)N(C)C(=O)CNC(=O)[C@H](C)NC(=O)[C@@H]2CCCN2C(=O)OCc2ccccc2)C(O)C(C)O1. The van der Waals surface area contributed by atoms with Crippen molar-refractivity contribution < 1.29 is 82.8 Å². The number of aliphatic hydroxyl groups excluding tert-OH is 2. The third-order valence-corrected chi connectivity index (χ3v) is 13.6. The lowest BCUT2D eigenvalue weighted by atomic mass is 9.72. The molecule has 4 aliphatic rings. The molecule has 380 valence electrons. The Morgan fingerprint density at radius 3 is 2.35 bits per heavy atom. The molecule has 0 aromatic heterocycles. The van der Waals surface area contributed by atoms with Gasteiger partial charge in [-0.05, 0) is 45.2 Å². The fraction of sp³-hybridized carbons (Fsp3) is 0.469. The van der Waals surface area contributed by atoms with E-state index in [1.54, 1.807) is 24.3 Å². The molecule has 3 aromatic carbocycles. The van der Waals surface area contributed by atoms with Gasteiger partial charge in [0.15, 0.2) is 17.9 Å². The van der Waals surface area contributed by atoms with E-state index in [1.807, 2.05) is 6.07 Å². The van der Waals surface area contributed by atoms with Gasteiger partial charge in [0.2, 0.25) is 29.4 Å². The standard InChI is InChI=1S/C49H57N5O17/c1-23(51-47(65)30-14-10-16-54(30)48(66)69-22-26-11-7-6-8-12-26)45(63)50-20-34(57)53(4)24(2)46(64)52-29-17-35(70-25(3)40(29)58)71-32-19-49(67,33(56)21-55)18-28-37(32)44(62)39-38(42(28)60)41(59)27-13-9-15-31(68-5)36(27)43(39)61/h6-9,11-13,15,23-25,29-30,32,35,40,55,58,60,62,67H,10,14,16-22H2,1-5H3,(H,50,63)(H,51,65)(H,52,64)/t23-,24-,25?,29?,30-,32-,35?,40?,49-/m0/s1. The summed E-state index contributed by atoms with van der Waals surface area (Å²) in [7, 11) is 2.59. The molecule has 9 atom stereocenters. The number of rotatable bonds is 15. The maximum absolute atomic E-state index is 14.0. The largest absolute Gasteiger partial charge is 0.507 e. The van der Waals surface area contributed by atoms with Gasteiger partial charge in [-0.2, -0.15) is 0 Å². The monoisotopic (exact) mass is 987 g/mol. The number of aromatic hydroxyl groups is 2. The molecule has 2 saturated heterocycles. The van der Waals surface area contributed by atoms with Crippen LogP contribution in [0.5, 0.6) is 17.2 Å². The van der Waals surface area contributed by atoms with Gasteiger partial charge in [0.25, 0.3) is 0 Å². The number of methoxy groups -OCH3 is 1. The molecule has 22 nitrogen and oxygen atoms in total. The Kier molecular flexibility index (Phi) is 15.5. The van der Waals surface area contributed by atoms with Gasteiger partial charge in [0.1, 0.15) is 60.3 Å². The summed E-state index contributed by atoms with van der Waals surface area (Å²) < 4.78 is 22.9. The van der Waals surface area contributed by atoms with Gasteiger partial charge in [-0.15, -0.1) is 0 Å². The van der Waals surface area contributed by atoms with E-state index >= 15 is 0 Å². The van der Waals surface area contributed by atoms with Crippen LogP contribution in [0.15, 0.2) is 48.5 Å². The molecule has 3 aromatic rings. The van der Waals surface area contributed by atoms with Crippen LogP contribution in [0.25, 0.3) is 0 Å². The summed E-state index contributed by atoms with van der Waals surface area (Å²) in [5.74, 6) is -7.10. The molecular formula is C49H57N5O17. The maximum Gasteiger partial charge on any atom is 0.410 e. The molecule has 22 heteroatoms. The lowest BCUT2D eigenvalue weighted by Gasteiger charge is -2.43. The number of carbonyl (C=O) groups excluding carboxylic acids is 8. The first kappa shape index (κ1) is 51.9. The number of amides is 5. The summed E-state index contributed by atoms with van der Waals surface area (Å²) in [6, 6.07) is 8.97. The lowest BCUT2D eigenvalue weighted by Crippen LogP contribution is -2.59. The maximum atomic E-state index is 14.0. The minimum atomic E-state index is -2.42. The molecule has 2 fully saturated rings. The average Bonchev–Trinajstić information content (AvgIpc) is 3.86. The Bertz CT molecular complexity index is 2630. The average molecular weight is 988 g/mol. The van der Waals surface area contributed by atoms with E-state index in [2.05, 4.69) is 16.0 Å². The Labute approximate surface area is 407 Å². The van der Waals surface area contributed by atoms with Crippen LogP contribution < -0.4 is 20.7 Å². The number of Topliss-reactive ketones (excluding diaryl/α,β-unsaturated/α-hetero) is 1. The topological polar surface area (TPSA) is 317 Å². The molecule has 2 aliphatic heterocycles. The van der Waals surface area contributed by atoms with E-state index in [0.717, 1.165) is 10.5 Å². The zero-order valence-corrected chi connectivity index (χ0v) is 39.6. The van der Waals surface area contributed by atoms with Crippen molar-refractivity contribution in [1.82, 2.24) is 25.8 Å². The molecule has 4 unspecified atom stereocenters. The summed E-state index contributed by atoms with van der Waals surface area (Å²) in [4.78, 5) is 109. The number of phenols is 2. The van der Waals surface area contributed by atoms with Crippen LogP contribution in [0.1, 0.15) is 101 Å². The second-order valence-corrected chi connectivity index (χ2v) is 18.1. The third-order valence-electron chi connectivity index (χ3n) is 13.6. The second kappa shape index (κ2) is 21.2. The second-order valence-electron chi connectivity index (χ2n) is 18.1. The van der Waals surface area contributed by atoms with Crippen LogP contribution in [-0.2, 0) is 51.2 Å². The fourth-order valence-corrected chi connectivity index (χ4v) is 9.43. The molecular weight excluding hydrogens is 931 g/mol. The molecule has 7 rings (SSSR count). The van der Waals surface area contributed by atoms with Crippen LogP contribution in [0.3, 0.4) is 0 Å². The highest BCUT2D eigenvalue weighted by molar-refractivity contribution is 6.31. The van der Waals surface area contributed by atoms with E-state index in [-0.39, 0.29) is 47.6 Å². The van der Waals surface area contributed by atoms with Crippen LogP contribution >= 0.6 is 0 Å². The van der Waals surface area contributed by atoms with E-state index in [9.17, 15) is 63.9 Å². The van der Waals surface area contributed by atoms with Crippen LogP contribution in [0.4, 0.5) is 4.79 Å². The number of hydrogen-bond acceptors (Lipinski definition) is 17. The van der Waals surface area contributed by atoms with Gasteiger partial charge in [0, 0.05) is 49.5 Å². The van der Waals surface area contributed by atoms with E-state index in [0.29, 0.717) is 12.8 Å². The summed E-state index contributed by atoms with van der Waals surface area (Å²) in [5, 5.41) is 63.9. The molecule has 5 amide bonds. The summed E-state index contributed by atoms with van der Waals surface area (Å²) >= 11 is 0. The number of hydrogen-bond donors (Lipinski definition) is 8. The van der Waals surface area contributed by atoms with Gasteiger partial charge >= 0.3 is 6.09 Å². The van der Waals surface area contributed by atoms with Crippen molar-refractivity contribution >= 4 is 47.1 Å². The fourth-order valence-electron chi connectivity index (χ4n) is 9.43. The third kappa shape index (κ3) is 10.3. The van der Waals surface area contributed by atoms with Gasteiger partial charge in [-0.3, -0.25) is 38.5 Å². The number of nitrogens with one attached hydrogen (secondary N) is 3. The number of ketones is 3. The first-order valence-corrected chi connectivity index (χ1v) is 23.0. The molecule has 0 bridgehead atoms.